The molecule has 3 aliphatic heterocycles. The highest BCUT2D eigenvalue weighted by atomic mass is 16.2. The minimum Gasteiger partial charge on any atom is -0.336 e. The molecule has 4 aliphatic rings. The Labute approximate surface area is 220 Å². The van der Waals surface area contributed by atoms with Gasteiger partial charge in [-0.25, -0.2) is 0 Å². The van der Waals surface area contributed by atoms with Gasteiger partial charge in [-0.05, 0) is 62.3 Å². The first-order chi connectivity index (χ1) is 18.1. The van der Waals surface area contributed by atoms with Crippen LogP contribution in [0.15, 0.2) is 83.4 Å². The highest BCUT2D eigenvalue weighted by molar-refractivity contribution is 6.08. The highest BCUT2D eigenvalue weighted by Crippen LogP contribution is 2.40. The van der Waals surface area contributed by atoms with Crippen LogP contribution in [0.5, 0.6) is 0 Å². The Hall–Kier alpha value is -3.06. The van der Waals surface area contributed by atoms with Crippen molar-refractivity contribution in [3.8, 4) is 0 Å². The summed E-state index contributed by atoms with van der Waals surface area (Å²) in [4.78, 5) is 25.2. The number of piperazine rings is 1. The second kappa shape index (κ2) is 10.7. The third-order valence-corrected chi connectivity index (χ3v) is 8.30. The molecule has 1 amide bonds. The van der Waals surface area contributed by atoms with Crippen molar-refractivity contribution in [2.75, 3.05) is 46.3 Å². The van der Waals surface area contributed by atoms with Gasteiger partial charge in [0.05, 0.1) is 5.69 Å². The Kier molecular flexibility index (Phi) is 7.05. The maximum Gasteiger partial charge on any atom is 0.253 e. The van der Waals surface area contributed by atoms with Gasteiger partial charge in [-0.3, -0.25) is 14.7 Å². The molecule has 2 fully saturated rings. The molecule has 6 heteroatoms. The van der Waals surface area contributed by atoms with Crippen LogP contribution in [0.25, 0.3) is 0 Å². The molecule has 0 aromatic heterocycles. The van der Waals surface area contributed by atoms with Gasteiger partial charge in [0.2, 0.25) is 0 Å². The predicted molar refractivity (Wildman–Crippen MR) is 149 cm³/mol. The van der Waals surface area contributed by atoms with E-state index in [-0.39, 0.29) is 17.9 Å². The SMILES string of the molecule is CN1CCN(C(=O)C2=CC3C(=Nc4ccccc4C3NC3CCN(Cc4ccccc4)CC3)C=C2)CC1. The monoisotopic (exact) mass is 495 g/mol. The van der Waals surface area contributed by atoms with Crippen LogP contribution in [-0.2, 0) is 11.3 Å². The fraction of sp³-hybridized carbons (Fsp3) is 0.419. The summed E-state index contributed by atoms with van der Waals surface area (Å²) in [6, 6.07) is 19.8. The van der Waals surface area contributed by atoms with Gasteiger partial charge >= 0.3 is 0 Å². The number of nitrogens with zero attached hydrogens (tertiary/aromatic N) is 4. The van der Waals surface area contributed by atoms with Crippen molar-refractivity contribution in [1.29, 1.82) is 0 Å². The smallest absolute Gasteiger partial charge is 0.253 e. The molecule has 2 aromatic carbocycles. The van der Waals surface area contributed by atoms with E-state index in [0.29, 0.717) is 6.04 Å². The van der Waals surface area contributed by atoms with Crippen LogP contribution in [0, 0.1) is 5.92 Å². The highest BCUT2D eigenvalue weighted by Gasteiger charge is 2.36. The Morgan fingerprint density at radius 1 is 0.919 bits per heavy atom. The number of carbonyl (C=O) groups is 1. The Morgan fingerprint density at radius 2 is 1.65 bits per heavy atom. The molecule has 2 atom stereocenters. The number of hydrogen-bond donors (Lipinski definition) is 1. The Morgan fingerprint density at radius 3 is 2.43 bits per heavy atom. The zero-order valence-corrected chi connectivity index (χ0v) is 21.7. The molecule has 0 saturated carbocycles. The number of aliphatic imine (C=N–C) groups is 1. The van der Waals surface area contributed by atoms with Crippen molar-refractivity contribution < 1.29 is 4.79 Å². The van der Waals surface area contributed by atoms with Crippen LogP contribution in [-0.4, -0.2) is 78.7 Å². The molecule has 2 saturated heterocycles. The summed E-state index contributed by atoms with van der Waals surface area (Å²) in [6.07, 6.45) is 8.47. The number of hydrogen-bond acceptors (Lipinski definition) is 5. The second-order valence-corrected chi connectivity index (χ2v) is 10.9. The number of benzene rings is 2. The number of amides is 1. The first-order valence-electron chi connectivity index (χ1n) is 13.7. The van der Waals surface area contributed by atoms with Crippen LogP contribution in [0.1, 0.15) is 30.0 Å². The minimum atomic E-state index is 0.0636. The zero-order valence-electron chi connectivity index (χ0n) is 21.7. The first-order valence-corrected chi connectivity index (χ1v) is 13.7. The number of likely N-dealkylation sites (tertiary alicyclic amines) is 1. The van der Waals surface area contributed by atoms with Gasteiger partial charge in [0.15, 0.2) is 0 Å². The number of rotatable bonds is 5. The van der Waals surface area contributed by atoms with E-state index < -0.39 is 0 Å². The first kappa shape index (κ1) is 24.3. The van der Waals surface area contributed by atoms with Gasteiger partial charge < -0.3 is 15.1 Å². The standard InChI is InChI=1S/C31H37N5O/c1-34-17-19-36(20-18-34)31(37)24-11-12-29-27(21-24)30(26-9-5-6-10-28(26)33-29)32-25-13-15-35(16-14-25)22-23-7-3-2-4-8-23/h2-12,21,25,27,30,32H,13-20,22H2,1H3. The van der Waals surface area contributed by atoms with E-state index in [2.05, 4.69) is 88.9 Å². The molecule has 0 spiro atoms. The van der Waals surface area contributed by atoms with Gasteiger partial charge in [0.1, 0.15) is 0 Å². The average Bonchev–Trinajstić information content (AvgIpc) is 2.94. The number of para-hydroxylation sites is 1. The number of allylic oxidation sites excluding steroid dienone is 1. The summed E-state index contributed by atoms with van der Waals surface area (Å²) in [6.45, 7) is 6.64. The van der Waals surface area contributed by atoms with E-state index >= 15 is 0 Å². The van der Waals surface area contributed by atoms with Crippen LogP contribution in [0.3, 0.4) is 0 Å². The van der Waals surface area contributed by atoms with Gasteiger partial charge in [-0.1, -0.05) is 54.6 Å². The summed E-state index contributed by atoms with van der Waals surface area (Å²) in [5, 5.41) is 4.02. The number of likely N-dealkylation sites (N-methyl/N-ethyl adjacent to an activating group) is 1. The number of carbonyl (C=O) groups excluding carboxylic acids is 1. The average molecular weight is 496 g/mol. The third kappa shape index (κ3) is 5.33. The lowest BCUT2D eigenvalue weighted by Gasteiger charge is -2.39. The normalized spacial score (nSPS) is 24.7. The van der Waals surface area contributed by atoms with E-state index in [0.717, 1.165) is 75.6 Å². The fourth-order valence-corrected chi connectivity index (χ4v) is 6.07. The van der Waals surface area contributed by atoms with Crippen LogP contribution >= 0.6 is 0 Å². The Balaban J connectivity index is 1.18. The molecule has 6 rings (SSSR count). The zero-order chi connectivity index (χ0) is 25.2. The summed E-state index contributed by atoms with van der Waals surface area (Å²) in [5.41, 5.74) is 5.51. The number of piperidine rings is 1. The second-order valence-electron chi connectivity index (χ2n) is 10.9. The summed E-state index contributed by atoms with van der Waals surface area (Å²) in [5.74, 6) is 0.212. The van der Waals surface area contributed by atoms with Gasteiger partial charge in [-0.15, -0.1) is 0 Å². The molecule has 0 bridgehead atoms. The number of fused-ring (bicyclic) bond motifs is 2. The van der Waals surface area contributed by atoms with E-state index in [1.807, 2.05) is 11.0 Å². The van der Waals surface area contributed by atoms with Crippen molar-refractivity contribution in [3.05, 3.63) is 89.5 Å². The summed E-state index contributed by atoms with van der Waals surface area (Å²) >= 11 is 0. The molecule has 3 heterocycles. The fourth-order valence-electron chi connectivity index (χ4n) is 6.07. The minimum absolute atomic E-state index is 0.0636. The molecule has 37 heavy (non-hydrogen) atoms. The lowest BCUT2D eigenvalue weighted by molar-refractivity contribution is -0.128. The molecule has 192 valence electrons. The summed E-state index contributed by atoms with van der Waals surface area (Å²) < 4.78 is 0. The molecular formula is C31H37N5O. The van der Waals surface area contributed by atoms with E-state index in [9.17, 15) is 4.79 Å². The maximum absolute atomic E-state index is 13.4. The van der Waals surface area contributed by atoms with E-state index in [4.69, 9.17) is 4.99 Å². The van der Waals surface area contributed by atoms with Crippen molar-refractivity contribution in [2.45, 2.75) is 31.5 Å². The largest absolute Gasteiger partial charge is 0.336 e. The molecule has 2 unspecified atom stereocenters. The van der Waals surface area contributed by atoms with Crippen molar-refractivity contribution >= 4 is 17.3 Å². The molecule has 0 radical (unpaired) electrons. The molecule has 1 N–H and O–H groups in total. The summed E-state index contributed by atoms with van der Waals surface area (Å²) in [7, 11) is 2.12. The van der Waals surface area contributed by atoms with Crippen molar-refractivity contribution in [3.63, 3.8) is 0 Å². The van der Waals surface area contributed by atoms with Crippen LogP contribution in [0.2, 0.25) is 0 Å². The molecule has 6 nitrogen and oxygen atoms in total. The predicted octanol–water partition coefficient (Wildman–Crippen LogP) is 3.95. The Bertz CT molecular complexity index is 1200. The molecular weight excluding hydrogens is 458 g/mol. The van der Waals surface area contributed by atoms with Gasteiger partial charge in [0.25, 0.3) is 5.91 Å². The lowest BCUT2D eigenvalue weighted by Crippen LogP contribution is -2.48. The quantitative estimate of drug-likeness (QED) is 0.683. The van der Waals surface area contributed by atoms with Crippen LogP contribution < -0.4 is 5.32 Å². The topological polar surface area (TPSA) is 51.2 Å². The molecule has 1 aliphatic carbocycles. The van der Waals surface area contributed by atoms with Crippen molar-refractivity contribution in [1.82, 2.24) is 20.0 Å². The van der Waals surface area contributed by atoms with Gasteiger partial charge in [-0.2, -0.15) is 0 Å². The van der Waals surface area contributed by atoms with E-state index in [1.165, 1.54) is 11.1 Å². The number of nitrogens with one attached hydrogen (secondary N) is 1. The van der Waals surface area contributed by atoms with E-state index in [1.54, 1.807) is 0 Å². The lowest BCUT2D eigenvalue weighted by atomic mass is 9.80. The third-order valence-electron chi connectivity index (χ3n) is 8.30. The van der Waals surface area contributed by atoms with Crippen LogP contribution in [0.4, 0.5) is 5.69 Å². The van der Waals surface area contributed by atoms with Gasteiger partial charge in [0, 0.05) is 62.0 Å². The van der Waals surface area contributed by atoms with Crippen molar-refractivity contribution in [2.24, 2.45) is 10.9 Å². The maximum atomic E-state index is 13.4. The molecule has 2 aromatic rings.